The molecule has 186 valence electrons. The number of nitrogens with one attached hydrogen (secondary N) is 1. The van der Waals surface area contributed by atoms with Crippen molar-refractivity contribution in [1.29, 1.82) is 0 Å². The van der Waals surface area contributed by atoms with Crippen LogP contribution in [-0.4, -0.2) is 59.7 Å². The van der Waals surface area contributed by atoms with Crippen LogP contribution in [0, 0.1) is 13.8 Å². The Balaban J connectivity index is 1.55. The van der Waals surface area contributed by atoms with E-state index in [1.54, 1.807) is 11.0 Å². The molecule has 11 heteroatoms. The highest BCUT2D eigenvalue weighted by atomic mass is 35.5. The van der Waals surface area contributed by atoms with Gasteiger partial charge in [-0.05, 0) is 57.7 Å². The molecule has 1 aromatic carbocycles. The number of nitrogens with zero attached hydrogens (tertiary/aromatic N) is 5. The number of piperidine rings is 1. The van der Waals surface area contributed by atoms with E-state index in [1.807, 2.05) is 17.5 Å². The molecular weight excluding hydrogens is 488 g/mol. The number of halogens is 1. The number of hydrogen-bond donors (Lipinski definition) is 1. The molecular formula is C24H29ClN6O3S. The van der Waals surface area contributed by atoms with Crippen molar-refractivity contribution in [3.63, 3.8) is 0 Å². The molecule has 0 spiro atoms. The summed E-state index contributed by atoms with van der Waals surface area (Å²) in [7, 11) is -3.57. The van der Waals surface area contributed by atoms with E-state index < -0.39 is 10.0 Å². The molecule has 5 rings (SSSR count). The highest BCUT2D eigenvalue weighted by Gasteiger charge is 2.33. The van der Waals surface area contributed by atoms with Gasteiger partial charge in [-0.2, -0.15) is 9.61 Å². The molecule has 0 radical (unpaired) electrons. The standard InChI is InChI=1S/C24H29ClN6O3S/c1-15-16(2)26-22-14-20(27-31(22)23(15)29-10-6-11-29)21-7-4-5-12-30(21)24(32)18-13-17(25)8-9-19(18)28-35(3,33)34/h8-9,13-14,21,28H,4-7,10-12H2,1-3H3. The number of aryl methyl sites for hydroxylation is 1. The Morgan fingerprint density at radius 1 is 1.11 bits per heavy atom. The highest BCUT2D eigenvalue weighted by molar-refractivity contribution is 7.92. The molecule has 2 aromatic heterocycles. The van der Waals surface area contributed by atoms with Crippen molar-refractivity contribution < 1.29 is 13.2 Å². The summed E-state index contributed by atoms with van der Waals surface area (Å²) in [5, 5.41) is 5.31. The number of rotatable bonds is 5. The van der Waals surface area contributed by atoms with Crippen LogP contribution in [0.5, 0.6) is 0 Å². The van der Waals surface area contributed by atoms with E-state index in [0.717, 1.165) is 73.4 Å². The topological polar surface area (TPSA) is 99.9 Å². The largest absolute Gasteiger partial charge is 0.356 e. The predicted octanol–water partition coefficient (Wildman–Crippen LogP) is 3.95. The van der Waals surface area contributed by atoms with E-state index in [1.165, 1.54) is 12.1 Å². The number of sulfonamides is 1. The van der Waals surface area contributed by atoms with Crippen LogP contribution in [0.25, 0.3) is 5.65 Å². The van der Waals surface area contributed by atoms with Gasteiger partial charge in [0.15, 0.2) is 5.65 Å². The Hall–Kier alpha value is -2.85. The number of benzene rings is 1. The minimum absolute atomic E-state index is 0.217. The number of carbonyl (C=O) groups excluding carboxylic acids is 1. The van der Waals surface area contributed by atoms with Crippen molar-refractivity contribution in [1.82, 2.24) is 19.5 Å². The van der Waals surface area contributed by atoms with Crippen LogP contribution < -0.4 is 9.62 Å². The molecule has 0 saturated carbocycles. The molecule has 0 bridgehead atoms. The fourth-order valence-electron chi connectivity index (χ4n) is 4.88. The van der Waals surface area contributed by atoms with E-state index in [2.05, 4.69) is 16.5 Å². The van der Waals surface area contributed by atoms with Crippen molar-refractivity contribution in [3.8, 4) is 0 Å². The average molecular weight is 517 g/mol. The van der Waals surface area contributed by atoms with Crippen LogP contribution >= 0.6 is 11.6 Å². The summed E-state index contributed by atoms with van der Waals surface area (Å²) in [5.74, 6) is 0.789. The molecule has 2 aliphatic rings. The lowest BCUT2D eigenvalue weighted by molar-refractivity contribution is 0.0607. The molecule has 1 N–H and O–H groups in total. The monoisotopic (exact) mass is 516 g/mol. The van der Waals surface area contributed by atoms with Gasteiger partial charge in [-0.15, -0.1) is 0 Å². The van der Waals surface area contributed by atoms with Gasteiger partial charge in [-0.1, -0.05) is 11.6 Å². The molecule has 0 aliphatic carbocycles. The van der Waals surface area contributed by atoms with Crippen LogP contribution in [0.15, 0.2) is 24.3 Å². The summed E-state index contributed by atoms with van der Waals surface area (Å²) >= 11 is 6.20. The Labute approximate surface area is 210 Å². The number of carbonyl (C=O) groups is 1. The number of fused-ring (bicyclic) bond motifs is 1. The second-order valence-electron chi connectivity index (χ2n) is 9.40. The molecule has 35 heavy (non-hydrogen) atoms. The minimum Gasteiger partial charge on any atom is -0.356 e. The second-order valence-corrected chi connectivity index (χ2v) is 11.6. The summed E-state index contributed by atoms with van der Waals surface area (Å²) in [6, 6.07) is 6.33. The molecule has 2 aliphatic heterocycles. The first-order valence-corrected chi connectivity index (χ1v) is 14.1. The van der Waals surface area contributed by atoms with Gasteiger partial charge in [0.2, 0.25) is 10.0 Å². The molecule has 1 unspecified atom stereocenters. The van der Waals surface area contributed by atoms with Crippen molar-refractivity contribution in [3.05, 3.63) is 51.8 Å². The van der Waals surface area contributed by atoms with Crippen LogP contribution in [-0.2, 0) is 10.0 Å². The third-order valence-electron chi connectivity index (χ3n) is 6.84. The first-order valence-electron chi connectivity index (χ1n) is 11.8. The van der Waals surface area contributed by atoms with Crippen molar-refractivity contribution in [2.75, 3.05) is 35.5 Å². The summed E-state index contributed by atoms with van der Waals surface area (Å²) in [6.07, 6.45) is 4.81. The molecule has 2 fully saturated rings. The molecule has 1 amide bonds. The van der Waals surface area contributed by atoms with Crippen LogP contribution in [0.3, 0.4) is 0 Å². The quantitative estimate of drug-likeness (QED) is 0.551. The van der Waals surface area contributed by atoms with Crippen molar-refractivity contribution in [2.24, 2.45) is 0 Å². The Bertz CT molecular complexity index is 1420. The van der Waals surface area contributed by atoms with Gasteiger partial charge in [0.25, 0.3) is 5.91 Å². The lowest BCUT2D eigenvalue weighted by atomic mass is 9.98. The number of likely N-dealkylation sites (tertiary alicyclic amines) is 1. The SMILES string of the molecule is Cc1nc2cc(C3CCCCN3C(=O)c3cc(Cl)ccc3NS(C)(=O)=O)nn2c(N2CCC2)c1C. The molecule has 2 saturated heterocycles. The Kier molecular flexibility index (Phi) is 6.13. The number of amides is 1. The van der Waals surface area contributed by atoms with Gasteiger partial charge in [-0.25, -0.2) is 13.4 Å². The zero-order chi connectivity index (χ0) is 24.9. The Morgan fingerprint density at radius 3 is 2.57 bits per heavy atom. The smallest absolute Gasteiger partial charge is 0.256 e. The maximum absolute atomic E-state index is 13.8. The van der Waals surface area contributed by atoms with Gasteiger partial charge in [0, 0.05) is 42.0 Å². The summed E-state index contributed by atoms with van der Waals surface area (Å²) < 4.78 is 28.2. The zero-order valence-corrected chi connectivity index (χ0v) is 21.7. The molecule has 9 nitrogen and oxygen atoms in total. The molecule has 4 heterocycles. The lowest BCUT2D eigenvalue weighted by Crippen LogP contribution is -2.40. The predicted molar refractivity (Wildman–Crippen MR) is 137 cm³/mol. The van der Waals surface area contributed by atoms with Crippen LogP contribution in [0.4, 0.5) is 11.5 Å². The maximum atomic E-state index is 13.8. The molecule has 3 aromatic rings. The van der Waals surface area contributed by atoms with Crippen molar-refractivity contribution in [2.45, 2.75) is 45.6 Å². The second kappa shape index (κ2) is 8.98. The van der Waals surface area contributed by atoms with E-state index in [4.69, 9.17) is 21.7 Å². The number of anilines is 2. The van der Waals surface area contributed by atoms with Gasteiger partial charge in [0.1, 0.15) is 5.82 Å². The van der Waals surface area contributed by atoms with Crippen LogP contribution in [0.2, 0.25) is 5.02 Å². The third-order valence-corrected chi connectivity index (χ3v) is 7.66. The van der Waals surface area contributed by atoms with E-state index in [0.29, 0.717) is 11.6 Å². The number of aromatic nitrogens is 3. The lowest BCUT2D eigenvalue weighted by Gasteiger charge is -2.35. The fourth-order valence-corrected chi connectivity index (χ4v) is 5.63. The average Bonchev–Trinajstić information content (AvgIpc) is 3.18. The normalized spacial score (nSPS) is 18.6. The summed E-state index contributed by atoms with van der Waals surface area (Å²) in [5.41, 5.74) is 4.08. The van der Waals surface area contributed by atoms with E-state index in [-0.39, 0.29) is 23.2 Å². The minimum atomic E-state index is -3.57. The van der Waals surface area contributed by atoms with Gasteiger partial charge < -0.3 is 9.80 Å². The highest BCUT2D eigenvalue weighted by Crippen LogP contribution is 2.35. The Morgan fingerprint density at radius 2 is 1.89 bits per heavy atom. The summed E-state index contributed by atoms with van der Waals surface area (Å²) in [4.78, 5) is 22.6. The first kappa shape index (κ1) is 23.9. The third kappa shape index (κ3) is 4.56. The van der Waals surface area contributed by atoms with Crippen molar-refractivity contribution >= 4 is 44.7 Å². The summed E-state index contributed by atoms with van der Waals surface area (Å²) in [6.45, 7) is 6.62. The first-order chi connectivity index (χ1) is 16.6. The van der Waals surface area contributed by atoms with E-state index in [9.17, 15) is 13.2 Å². The number of hydrogen-bond acceptors (Lipinski definition) is 6. The van der Waals surface area contributed by atoms with Gasteiger partial charge in [-0.3, -0.25) is 9.52 Å². The zero-order valence-electron chi connectivity index (χ0n) is 20.1. The fraction of sp³-hybridized carbons (Fsp3) is 0.458. The maximum Gasteiger partial charge on any atom is 0.256 e. The van der Waals surface area contributed by atoms with Crippen LogP contribution in [0.1, 0.15) is 59.0 Å². The molecule has 1 atom stereocenters. The van der Waals surface area contributed by atoms with Gasteiger partial charge in [0.05, 0.1) is 29.2 Å². The van der Waals surface area contributed by atoms with E-state index >= 15 is 0 Å². The van der Waals surface area contributed by atoms with Gasteiger partial charge >= 0.3 is 0 Å².